The molecule has 1 aliphatic rings. The third-order valence-electron chi connectivity index (χ3n) is 3.73. The van der Waals surface area contributed by atoms with E-state index in [0.29, 0.717) is 6.42 Å². The summed E-state index contributed by atoms with van der Waals surface area (Å²) in [5.74, 6) is -0.647. The van der Waals surface area contributed by atoms with Gasteiger partial charge in [0.1, 0.15) is 5.60 Å². The number of carbonyl (C=O) groups excluding carboxylic acids is 1. The summed E-state index contributed by atoms with van der Waals surface area (Å²) < 4.78 is 5.25. The maximum absolute atomic E-state index is 11.9. The Labute approximate surface area is 114 Å². The molecule has 0 heterocycles. The summed E-state index contributed by atoms with van der Waals surface area (Å²) >= 11 is 0. The average molecular weight is 271 g/mol. The normalized spacial score (nSPS) is 19.2. The first-order valence-electron chi connectivity index (χ1n) is 6.91. The summed E-state index contributed by atoms with van der Waals surface area (Å²) in [7, 11) is 0. The third-order valence-corrected chi connectivity index (χ3v) is 3.73. The SMILES string of the molecule is CCC(CC(=O)O)(NC(=O)OC(C)(C)C)C1CCC1. The van der Waals surface area contributed by atoms with Crippen LogP contribution in [0.3, 0.4) is 0 Å². The summed E-state index contributed by atoms with van der Waals surface area (Å²) in [6.07, 6.45) is 3.06. The molecule has 0 bridgehead atoms. The van der Waals surface area contributed by atoms with Gasteiger partial charge < -0.3 is 15.2 Å². The number of alkyl carbamates (subject to hydrolysis) is 1. The van der Waals surface area contributed by atoms with E-state index in [1.54, 1.807) is 20.8 Å². The van der Waals surface area contributed by atoms with Gasteiger partial charge in [0, 0.05) is 0 Å². The topological polar surface area (TPSA) is 75.6 Å². The molecule has 0 aromatic rings. The number of carboxylic acid groups (broad SMARTS) is 1. The van der Waals surface area contributed by atoms with Crippen molar-refractivity contribution in [1.82, 2.24) is 5.32 Å². The van der Waals surface area contributed by atoms with E-state index >= 15 is 0 Å². The lowest BCUT2D eigenvalue weighted by Gasteiger charge is -2.44. The highest BCUT2D eigenvalue weighted by Crippen LogP contribution is 2.40. The number of hydrogen-bond donors (Lipinski definition) is 2. The molecule has 1 fully saturated rings. The highest BCUT2D eigenvalue weighted by atomic mass is 16.6. The van der Waals surface area contributed by atoms with E-state index in [-0.39, 0.29) is 12.3 Å². The molecule has 110 valence electrons. The van der Waals surface area contributed by atoms with Crippen LogP contribution in [0.25, 0.3) is 0 Å². The van der Waals surface area contributed by atoms with Crippen LogP contribution in [0.1, 0.15) is 59.8 Å². The van der Waals surface area contributed by atoms with E-state index in [2.05, 4.69) is 5.32 Å². The van der Waals surface area contributed by atoms with Crippen molar-refractivity contribution in [3.8, 4) is 0 Å². The number of hydrogen-bond acceptors (Lipinski definition) is 3. The number of aliphatic carboxylic acids is 1. The largest absolute Gasteiger partial charge is 0.481 e. The minimum absolute atomic E-state index is 0.0482. The second kappa shape index (κ2) is 5.80. The van der Waals surface area contributed by atoms with Crippen molar-refractivity contribution < 1.29 is 19.4 Å². The number of ether oxygens (including phenoxy) is 1. The predicted molar refractivity (Wildman–Crippen MR) is 72.0 cm³/mol. The predicted octanol–water partition coefficient (Wildman–Crippen LogP) is 2.93. The zero-order valence-corrected chi connectivity index (χ0v) is 12.3. The molecule has 2 N–H and O–H groups in total. The smallest absolute Gasteiger partial charge is 0.408 e. The summed E-state index contributed by atoms with van der Waals surface area (Å²) in [5, 5.41) is 11.9. The van der Waals surface area contributed by atoms with Crippen molar-refractivity contribution >= 4 is 12.1 Å². The number of rotatable bonds is 5. The van der Waals surface area contributed by atoms with Crippen LogP contribution in [-0.4, -0.2) is 28.3 Å². The van der Waals surface area contributed by atoms with Crippen LogP contribution in [0.4, 0.5) is 4.79 Å². The Balaban J connectivity index is 2.78. The molecule has 0 radical (unpaired) electrons. The van der Waals surface area contributed by atoms with Gasteiger partial charge in [0.25, 0.3) is 0 Å². The van der Waals surface area contributed by atoms with Crippen LogP contribution in [0.2, 0.25) is 0 Å². The zero-order chi connectivity index (χ0) is 14.7. The second-order valence-electron chi connectivity index (χ2n) is 6.33. The lowest BCUT2D eigenvalue weighted by molar-refractivity contribution is -0.139. The summed E-state index contributed by atoms with van der Waals surface area (Å²) in [5.41, 5.74) is -1.25. The number of carboxylic acids is 1. The van der Waals surface area contributed by atoms with Gasteiger partial charge in [-0.3, -0.25) is 4.79 Å². The van der Waals surface area contributed by atoms with Gasteiger partial charge in [-0.2, -0.15) is 0 Å². The number of nitrogens with one attached hydrogen (secondary N) is 1. The van der Waals surface area contributed by atoms with Crippen LogP contribution in [0.5, 0.6) is 0 Å². The third kappa shape index (κ3) is 4.40. The Morgan fingerprint density at radius 2 is 1.89 bits per heavy atom. The molecule has 0 aromatic carbocycles. The maximum atomic E-state index is 11.9. The van der Waals surface area contributed by atoms with Gasteiger partial charge in [-0.05, 0) is 46.0 Å². The molecule has 0 saturated heterocycles. The Hall–Kier alpha value is -1.26. The van der Waals surface area contributed by atoms with Crippen molar-refractivity contribution in [3.63, 3.8) is 0 Å². The van der Waals surface area contributed by atoms with Crippen molar-refractivity contribution in [1.29, 1.82) is 0 Å². The van der Waals surface area contributed by atoms with Crippen LogP contribution in [-0.2, 0) is 9.53 Å². The highest BCUT2D eigenvalue weighted by Gasteiger charge is 2.44. The first-order valence-corrected chi connectivity index (χ1v) is 6.91. The molecule has 1 rings (SSSR count). The Bertz CT molecular complexity index is 344. The van der Waals surface area contributed by atoms with Crippen molar-refractivity contribution in [2.24, 2.45) is 5.92 Å². The van der Waals surface area contributed by atoms with Crippen LogP contribution in [0.15, 0.2) is 0 Å². The first kappa shape index (κ1) is 15.8. The molecule has 19 heavy (non-hydrogen) atoms. The minimum Gasteiger partial charge on any atom is -0.481 e. The van der Waals surface area contributed by atoms with Gasteiger partial charge in [-0.25, -0.2) is 4.79 Å². The fourth-order valence-corrected chi connectivity index (χ4v) is 2.53. The quantitative estimate of drug-likeness (QED) is 0.806. The highest BCUT2D eigenvalue weighted by molar-refractivity contribution is 5.73. The molecule has 1 amide bonds. The van der Waals surface area contributed by atoms with Gasteiger partial charge in [-0.1, -0.05) is 13.3 Å². The average Bonchev–Trinajstić information content (AvgIpc) is 2.09. The second-order valence-corrected chi connectivity index (χ2v) is 6.33. The monoisotopic (exact) mass is 271 g/mol. The zero-order valence-electron chi connectivity index (χ0n) is 12.3. The Morgan fingerprint density at radius 1 is 1.32 bits per heavy atom. The van der Waals surface area contributed by atoms with E-state index in [9.17, 15) is 9.59 Å². The fraction of sp³-hybridized carbons (Fsp3) is 0.857. The van der Waals surface area contributed by atoms with E-state index in [4.69, 9.17) is 9.84 Å². The van der Waals surface area contributed by atoms with Gasteiger partial charge >= 0.3 is 12.1 Å². The molecule has 5 heteroatoms. The summed E-state index contributed by atoms with van der Waals surface area (Å²) in [6, 6.07) is 0. The van der Waals surface area contributed by atoms with Crippen LogP contribution in [0, 0.1) is 5.92 Å². The van der Waals surface area contributed by atoms with E-state index in [1.165, 1.54) is 0 Å². The molecular weight excluding hydrogens is 246 g/mol. The van der Waals surface area contributed by atoms with Gasteiger partial charge in [0.2, 0.25) is 0 Å². The van der Waals surface area contributed by atoms with E-state index in [0.717, 1.165) is 19.3 Å². The Kier molecular flexibility index (Phi) is 4.82. The lowest BCUT2D eigenvalue weighted by atomic mass is 9.68. The van der Waals surface area contributed by atoms with E-state index in [1.807, 2.05) is 6.92 Å². The molecule has 1 aliphatic carbocycles. The molecule has 1 atom stereocenters. The van der Waals surface area contributed by atoms with Crippen molar-refractivity contribution in [2.75, 3.05) is 0 Å². The number of carbonyl (C=O) groups is 2. The molecule has 1 unspecified atom stereocenters. The summed E-state index contributed by atoms with van der Waals surface area (Å²) in [4.78, 5) is 23.0. The van der Waals surface area contributed by atoms with Crippen LogP contribution >= 0.6 is 0 Å². The minimum atomic E-state index is -0.884. The lowest BCUT2D eigenvalue weighted by Crippen LogP contribution is -2.57. The molecule has 5 nitrogen and oxygen atoms in total. The molecule has 1 saturated carbocycles. The van der Waals surface area contributed by atoms with Gasteiger partial charge in [0.15, 0.2) is 0 Å². The molecular formula is C14H25NO4. The van der Waals surface area contributed by atoms with Crippen LogP contribution < -0.4 is 5.32 Å². The van der Waals surface area contributed by atoms with Gasteiger partial charge in [0.05, 0.1) is 12.0 Å². The summed E-state index contributed by atoms with van der Waals surface area (Å²) in [6.45, 7) is 7.29. The van der Waals surface area contributed by atoms with E-state index < -0.39 is 23.2 Å². The molecule has 0 aliphatic heterocycles. The van der Waals surface area contributed by atoms with Crippen molar-refractivity contribution in [2.45, 2.75) is 70.9 Å². The first-order chi connectivity index (χ1) is 8.68. The van der Waals surface area contributed by atoms with Crippen molar-refractivity contribution in [3.05, 3.63) is 0 Å². The Morgan fingerprint density at radius 3 is 2.21 bits per heavy atom. The fourth-order valence-electron chi connectivity index (χ4n) is 2.53. The molecule has 0 aromatic heterocycles. The molecule has 0 spiro atoms. The standard InChI is InChI=1S/C14H25NO4/c1-5-14(9-11(16)17,10-7-6-8-10)15-12(18)19-13(2,3)4/h10H,5-9H2,1-4H3,(H,15,18)(H,16,17). The maximum Gasteiger partial charge on any atom is 0.408 e. The number of amides is 1. The van der Waals surface area contributed by atoms with Gasteiger partial charge in [-0.15, -0.1) is 0 Å².